The van der Waals surface area contributed by atoms with Gasteiger partial charge in [-0.05, 0) is 63.2 Å². The number of fused-ring (bicyclic) bond motifs is 2. The van der Waals surface area contributed by atoms with E-state index in [9.17, 15) is 0 Å². The van der Waals surface area contributed by atoms with Crippen LogP contribution in [0.25, 0.3) is 0 Å². The average molecular weight is 293 g/mol. The summed E-state index contributed by atoms with van der Waals surface area (Å²) in [6.45, 7) is 19.8. The summed E-state index contributed by atoms with van der Waals surface area (Å²) in [5, 5.41) is 0. The van der Waals surface area contributed by atoms with Crippen LogP contribution in [0.5, 0.6) is 0 Å². The van der Waals surface area contributed by atoms with Crippen LogP contribution in [-0.4, -0.2) is 47.6 Å². The summed E-state index contributed by atoms with van der Waals surface area (Å²) in [5.74, 6) is 2.97. The Hall–Kier alpha value is -0.0800. The van der Waals surface area contributed by atoms with E-state index in [0.29, 0.717) is 11.0 Å². The topological polar surface area (TPSA) is 6.48 Å². The summed E-state index contributed by atoms with van der Waals surface area (Å²) in [4.78, 5) is 5.53. The molecular weight excluding hydrogens is 256 g/mol. The lowest BCUT2D eigenvalue weighted by atomic mass is 9.53. The molecule has 2 bridgehead atoms. The van der Waals surface area contributed by atoms with E-state index in [1.807, 2.05) is 0 Å². The molecule has 21 heavy (non-hydrogen) atoms. The van der Waals surface area contributed by atoms with Gasteiger partial charge in [0.15, 0.2) is 0 Å². The first kappa shape index (κ1) is 15.8. The highest BCUT2D eigenvalue weighted by Gasteiger charge is 2.52. The van der Waals surface area contributed by atoms with Gasteiger partial charge in [-0.2, -0.15) is 0 Å². The Morgan fingerprint density at radius 1 is 0.810 bits per heavy atom. The average Bonchev–Trinajstić information content (AvgIpc) is 2.36. The van der Waals surface area contributed by atoms with Crippen molar-refractivity contribution in [1.82, 2.24) is 9.80 Å². The van der Waals surface area contributed by atoms with Crippen LogP contribution in [0, 0.1) is 23.2 Å². The van der Waals surface area contributed by atoms with Crippen LogP contribution in [0.4, 0.5) is 0 Å². The lowest BCUT2D eigenvalue weighted by Crippen LogP contribution is -2.62. The normalized spacial score (nSPS) is 36.6. The zero-order chi connectivity index (χ0) is 15.4. The third kappa shape index (κ3) is 3.03. The molecule has 2 unspecified atom stereocenters. The first-order valence-corrected chi connectivity index (χ1v) is 9.15. The van der Waals surface area contributed by atoms with Crippen molar-refractivity contribution in [1.29, 1.82) is 0 Å². The Bertz CT molecular complexity index is 356. The molecule has 0 amide bonds. The molecule has 0 N–H and O–H groups in total. The van der Waals surface area contributed by atoms with E-state index in [1.165, 1.54) is 45.4 Å². The van der Waals surface area contributed by atoms with Gasteiger partial charge in [-0.15, -0.1) is 0 Å². The Balaban J connectivity index is 1.53. The van der Waals surface area contributed by atoms with Gasteiger partial charge in [-0.1, -0.05) is 20.8 Å². The van der Waals surface area contributed by atoms with Crippen molar-refractivity contribution in [2.24, 2.45) is 23.2 Å². The van der Waals surface area contributed by atoms with E-state index in [2.05, 4.69) is 51.3 Å². The number of nitrogens with zero attached hydrogens (tertiary/aromatic N) is 2. The minimum Gasteiger partial charge on any atom is -0.300 e. The highest BCUT2D eigenvalue weighted by atomic mass is 15.2. The molecule has 0 radical (unpaired) electrons. The van der Waals surface area contributed by atoms with Crippen molar-refractivity contribution in [3.63, 3.8) is 0 Å². The van der Waals surface area contributed by atoms with Crippen molar-refractivity contribution in [2.75, 3.05) is 26.2 Å². The Morgan fingerprint density at radius 3 is 1.76 bits per heavy atom. The number of piperidine rings is 3. The fraction of sp³-hybridized carbons (Fsp3) is 1.00. The summed E-state index contributed by atoms with van der Waals surface area (Å²) in [5.41, 5.74) is 0.877. The lowest BCUT2D eigenvalue weighted by molar-refractivity contribution is -0.114. The van der Waals surface area contributed by atoms with E-state index in [1.54, 1.807) is 0 Å². The van der Waals surface area contributed by atoms with Gasteiger partial charge in [0.1, 0.15) is 0 Å². The van der Waals surface area contributed by atoms with Crippen LogP contribution < -0.4 is 0 Å². The molecule has 1 saturated carbocycles. The molecule has 3 aliphatic heterocycles. The monoisotopic (exact) mass is 292 g/mol. The van der Waals surface area contributed by atoms with Crippen molar-refractivity contribution in [2.45, 2.75) is 72.4 Å². The molecule has 4 fully saturated rings. The predicted molar refractivity (Wildman–Crippen MR) is 90.5 cm³/mol. The van der Waals surface area contributed by atoms with Crippen LogP contribution in [0.1, 0.15) is 60.8 Å². The van der Waals surface area contributed by atoms with Gasteiger partial charge < -0.3 is 0 Å². The summed E-state index contributed by atoms with van der Waals surface area (Å²) in [7, 11) is 0. The summed E-state index contributed by atoms with van der Waals surface area (Å²) in [6.07, 6.45) is 4.28. The van der Waals surface area contributed by atoms with Gasteiger partial charge in [0.25, 0.3) is 0 Å². The molecule has 0 aromatic heterocycles. The minimum absolute atomic E-state index is 0.354. The van der Waals surface area contributed by atoms with E-state index >= 15 is 0 Å². The fourth-order valence-corrected chi connectivity index (χ4v) is 5.54. The standard InChI is InChI=1S/C19H36N2/c1-18(2,3)17-14-11-15(17)13-20(12-14)16-7-9-21(10-8-16)19(4,5)6/h14-17H,7-13H2,1-6H3. The van der Waals surface area contributed by atoms with E-state index in [-0.39, 0.29) is 0 Å². The number of rotatable bonds is 1. The maximum absolute atomic E-state index is 2.86. The minimum atomic E-state index is 0.354. The second kappa shape index (κ2) is 5.23. The lowest BCUT2D eigenvalue weighted by Gasteiger charge is -2.60. The van der Waals surface area contributed by atoms with Gasteiger partial charge in [0.2, 0.25) is 0 Å². The molecule has 2 nitrogen and oxygen atoms in total. The quantitative estimate of drug-likeness (QED) is 0.724. The SMILES string of the molecule is CC(C)(C)C1C2CC1CN(C1CCN(C(C)(C)C)CC1)C2. The van der Waals surface area contributed by atoms with E-state index in [0.717, 1.165) is 23.8 Å². The van der Waals surface area contributed by atoms with E-state index < -0.39 is 0 Å². The molecule has 2 atom stereocenters. The summed E-state index contributed by atoms with van der Waals surface area (Å²) < 4.78 is 0. The highest BCUT2D eigenvalue weighted by Crippen LogP contribution is 2.54. The zero-order valence-corrected chi connectivity index (χ0v) is 15.2. The van der Waals surface area contributed by atoms with Crippen LogP contribution in [-0.2, 0) is 0 Å². The van der Waals surface area contributed by atoms with Gasteiger partial charge in [0, 0.05) is 37.8 Å². The molecule has 122 valence electrons. The second-order valence-corrected chi connectivity index (χ2v) is 9.99. The maximum Gasteiger partial charge on any atom is 0.0125 e. The maximum atomic E-state index is 2.86. The molecule has 0 aromatic rings. The smallest absolute Gasteiger partial charge is 0.0125 e. The second-order valence-electron chi connectivity index (χ2n) is 9.99. The molecule has 0 spiro atoms. The Labute approximate surface area is 132 Å². The van der Waals surface area contributed by atoms with Crippen molar-refractivity contribution in [3.8, 4) is 0 Å². The van der Waals surface area contributed by atoms with Crippen LogP contribution >= 0.6 is 0 Å². The molecule has 3 heterocycles. The zero-order valence-electron chi connectivity index (χ0n) is 15.2. The molecule has 1 aliphatic carbocycles. The summed E-state index contributed by atoms with van der Waals surface area (Å²) >= 11 is 0. The molecule has 0 aromatic carbocycles. The largest absolute Gasteiger partial charge is 0.300 e. The van der Waals surface area contributed by atoms with Gasteiger partial charge in [0.05, 0.1) is 0 Å². The number of hydrogen-bond acceptors (Lipinski definition) is 2. The van der Waals surface area contributed by atoms with Crippen LogP contribution in [0.15, 0.2) is 0 Å². The van der Waals surface area contributed by atoms with Gasteiger partial charge in [-0.3, -0.25) is 9.80 Å². The molecular formula is C19H36N2. The molecule has 4 aliphatic rings. The van der Waals surface area contributed by atoms with Crippen LogP contribution in [0.3, 0.4) is 0 Å². The molecule has 3 saturated heterocycles. The van der Waals surface area contributed by atoms with Crippen molar-refractivity contribution in [3.05, 3.63) is 0 Å². The molecule has 2 heteroatoms. The number of likely N-dealkylation sites (tertiary alicyclic amines) is 1. The predicted octanol–water partition coefficient (Wildman–Crippen LogP) is 3.86. The van der Waals surface area contributed by atoms with Crippen LogP contribution in [0.2, 0.25) is 0 Å². The first-order valence-electron chi connectivity index (χ1n) is 9.15. The Kier molecular flexibility index (Phi) is 3.94. The highest BCUT2D eigenvalue weighted by molar-refractivity contribution is 5.03. The van der Waals surface area contributed by atoms with E-state index in [4.69, 9.17) is 0 Å². The summed E-state index contributed by atoms with van der Waals surface area (Å²) in [6, 6.07) is 0.870. The fourth-order valence-electron chi connectivity index (χ4n) is 5.54. The number of hydrogen-bond donors (Lipinski definition) is 0. The van der Waals surface area contributed by atoms with Gasteiger partial charge >= 0.3 is 0 Å². The molecule has 4 rings (SSSR count). The first-order chi connectivity index (χ1) is 9.66. The van der Waals surface area contributed by atoms with Crippen molar-refractivity contribution >= 4 is 0 Å². The van der Waals surface area contributed by atoms with Gasteiger partial charge in [-0.25, -0.2) is 0 Å². The third-order valence-corrected chi connectivity index (χ3v) is 6.49. The van der Waals surface area contributed by atoms with Crippen molar-refractivity contribution < 1.29 is 0 Å². The Morgan fingerprint density at radius 2 is 1.33 bits per heavy atom. The third-order valence-electron chi connectivity index (χ3n) is 6.49.